The summed E-state index contributed by atoms with van der Waals surface area (Å²) >= 11 is 0. The summed E-state index contributed by atoms with van der Waals surface area (Å²) in [6.45, 7) is 7.96. The largest absolute Gasteiger partial charge is 0.396 e. The Labute approximate surface area is 104 Å². The third-order valence-corrected chi connectivity index (χ3v) is 2.78. The molecule has 0 aliphatic carbocycles. The van der Waals surface area contributed by atoms with Gasteiger partial charge in [0.05, 0.1) is 5.69 Å². The number of ether oxygens (including phenoxy) is 1. The molecule has 0 aliphatic rings. The molecule has 0 atom stereocenters. The Balaban J connectivity index is 2.57. The smallest absolute Gasteiger partial charge is 0.149 e. The first-order chi connectivity index (χ1) is 7.94. The Kier molecular flexibility index (Phi) is 4.75. The number of anilines is 2. The molecular formula is C13H23N3O. The van der Waals surface area contributed by atoms with Crippen LogP contribution in [0, 0.1) is 12.3 Å². The predicted octanol–water partition coefficient (Wildman–Crippen LogP) is 2.45. The standard InChI is InChI=1S/C13H23N3O/c1-10-5-6-11(14)12(16-10)15-9-13(2,3)7-8-17-4/h5-6H,7-9,14H2,1-4H3,(H,15,16). The van der Waals surface area contributed by atoms with E-state index in [1.54, 1.807) is 7.11 Å². The Hall–Kier alpha value is -1.29. The van der Waals surface area contributed by atoms with E-state index in [0.29, 0.717) is 5.69 Å². The summed E-state index contributed by atoms with van der Waals surface area (Å²) in [5, 5.41) is 3.31. The number of hydrogen-bond donors (Lipinski definition) is 2. The number of rotatable bonds is 6. The molecule has 0 bridgehead atoms. The lowest BCUT2D eigenvalue weighted by Crippen LogP contribution is -2.25. The minimum Gasteiger partial charge on any atom is -0.396 e. The second-order valence-electron chi connectivity index (χ2n) is 5.15. The minimum atomic E-state index is 0.161. The lowest BCUT2D eigenvalue weighted by atomic mass is 9.90. The molecule has 0 saturated heterocycles. The van der Waals surface area contributed by atoms with Crippen molar-refractivity contribution in [2.24, 2.45) is 5.41 Å². The van der Waals surface area contributed by atoms with Crippen molar-refractivity contribution in [1.82, 2.24) is 4.98 Å². The zero-order valence-electron chi connectivity index (χ0n) is 11.2. The molecular weight excluding hydrogens is 214 g/mol. The number of nitrogens with zero attached hydrogens (tertiary/aromatic N) is 1. The molecule has 1 aromatic rings. The van der Waals surface area contributed by atoms with Gasteiger partial charge in [-0.25, -0.2) is 4.98 Å². The van der Waals surface area contributed by atoms with E-state index in [2.05, 4.69) is 24.1 Å². The number of aromatic nitrogens is 1. The summed E-state index contributed by atoms with van der Waals surface area (Å²) in [5.74, 6) is 0.774. The van der Waals surface area contributed by atoms with E-state index < -0.39 is 0 Å². The molecule has 0 spiro atoms. The summed E-state index contributed by atoms with van der Waals surface area (Å²) in [6, 6.07) is 3.80. The number of methoxy groups -OCH3 is 1. The average molecular weight is 237 g/mol. The molecule has 0 amide bonds. The fraction of sp³-hybridized carbons (Fsp3) is 0.615. The van der Waals surface area contributed by atoms with Gasteiger partial charge in [-0.3, -0.25) is 0 Å². The van der Waals surface area contributed by atoms with E-state index in [-0.39, 0.29) is 5.41 Å². The predicted molar refractivity (Wildman–Crippen MR) is 72.2 cm³/mol. The number of nitrogens with two attached hydrogens (primary N) is 1. The van der Waals surface area contributed by atoms with Gasteiger partial charge >= 0.3 is 0 Å². The summed E-state index contributed by atoms with van der Waals surface area (Å²) in [5.41, 5.74) is 7.69. The lowest BCUT2D eigenvalue weighted by Gasteiger charge is -2.25. The molecule has 0 unspecified atom stereocenters. The van der Waals surface area contributed by atoms with Crippen molar-refractivity contribution < 1.29 is 4.74 Å². The maximum Gasteiger partial charge on any atom is 0.149 e. The molecule has 4 heteroatoms. The maximum atomic E-state index is 5.87. The molecule has 1 rings (SSSR count). The molecule has 4 nitrogen and oxygen atoms in total. The Morgan fingerprint density at radius 1 is 1.41 bits per heavy atom. The molecule has 1 aromatic heterocycles. The molecule has 0 aromatic carbocycles. The number of pyridine rings is 1. The highest BCUT2D eigenvalue weighted by Gasteiger charge is 2.17. The highest BCUT2D eigenvalue weighted by molar-refractivity contribution is 5.61. The monoisotopic (exact) mass is 237 g/mol. The van der Waals surface area contributed by atoms with Crippen LogP contribution in [0.4, 0.5) is 11.5 Å². The van der Waals surface area contributed by atoms with Crippen LogP contribution in [0.2, 0.25) is 0 Å². The number of aryl methyl sites for hydroxylation is 1. The first-order valence-corrected chi connectivity index (χ1v) is 5.90. The van der Waals surface area contributed by atoms with Crippen LogP contribution in [0.3, 0.4) is 0 Å². The summed E-state index contributed by atoms with van der Waals surface area (Å²) in [6.07, 6.45) is 1.00. The molecule has 1 heterocycles. The summed E-state index contributed by atoms with van der Waals surface area (Å²) in [7, 11) is 1.73. The van der Waals surface area contributed by atoms with Gasteiger partial charge in [0, 0.05) is 26.0 Å². The molecule has 0 radical (unpaired) electrons. The van der Waals surface area contributed by atoms with Crippen LogP contribution in [-0.4, -0.2) is 25.2 Å². The number of nitrogen functional groups attached to an aromatic ring is 1. The zero-order chi connectivity index (χ0) is 12.9. The van der Waals surface area contributed by atoms with E-state index in [4.69, 9.17) is 10.5 Å². The first-order valence-electron chi connectivity index (χ1n) is 5.90. The Morgan fingerprint density at radius 2 is 2.12 bits per heavy atom. The summed E-state index contributed by atoms with van der Waals surface area (Å²) in [4.78, 5) is 4.39. The lowest BCUT2D eigenvalue weighted by molar-refractivity contribution is 0.157. The third-order valence-electron chi connectivity index (χ3n) is 2.78. The Morgan fingerprint density at radius 3 is 2.76 bits per heavy atom. The van der Waals surface area contributed by atoms with Crippen LogP contribution < -0.4 is 11.1 Å². The van der Waals surface area contributed by atoms with Crippen LogP contribution >= 0.6 is 0 Å². The van der Waals surface area contributed by atoms with Crippen LogP contribution in [0.25, 0.3) is 0 Å². The number of nitrogens with one attached hydrogen (secondary N) is 1. The highest BCUT2D eigenvalue weighted by atomic mass is 16.5. The first kappa shape index (κ1) is 13.8. The van der Waals surface area contributed by atoms with Gasteiger partial charge in [0.15, 0.2) is 0 Å². The summed E-state index contributed by atoms with van der Waals surface area (Å²) < 4.78 is 5.10. The van der Waals surface area contributed by atoms with Crippen LogP contribution in [-0.2, 0) is 4.74 Å². The van der Waals surface area contributed by atoms with Crippen molar-refractivity contribution in [1.29, 1.82) is 0 Å². The van der Waals surface area contributed by atoms with E-state index in [9.17, 15) is 0 Å². The molecule has 0 saturated carbocycles. The van der Waals surface area contributed by atoms with Crippen LogP contribution in [0.1, 0.15) is 26.0 Å². The molecule has 0 aliphatic heterocycles. The second-order valence-corrected chi connectivity index (χ2v) is 5.15. The minimum absolute atomic E-state index is 0.161. The van der Waals surface area contributed by atoms with Gasteiger partial charge < -0.3 is 15.8 Å². The van der Waals surface area contributed by atoms with E-state index in [0.717, 1.165) is 31.1 Å². The van der Waals surface area contributed by atoms with Gasteiger partial charge in [-0.1, -0.05) is 13.8 Å². The third kappa shape index (κ3) is 4.61. The fourth-order valence-corrected chi connectivity index (χ4v) is 1.50. The van der Waals surface area contributed by atoms with Gasteiger partial charge in [0.2, 0.25) is 0 Å². The van der Waals surface area contributed by atoms with Crippen molar-refractivity contribution in [3.63, 3.8) is 0 Å². The normalized spacial score (nSPS) is 11.5. The van der Waals surface area contributed by atoms with Crippen LogP contribution in [0.5, 0.6) is 0 Å². The van der Waals surface area contributed by atoms with E-state index in [1.807, 2.05) is 19.1 Å². The van der Waals surface area contributed by atoms with Crippen molar-refractivity contribution >= 4 is 11.5 Å². The topological polar surface area (TPSA) is 60.2 Å². The van der Waals surface area contributed by atoms with Gasteiger partial charge in [-0.05, 0) is 30.9 Å². The van der Waals surface area contributed by atoms with Gasteiger partial charge in [0.1, 0.15) is 5.82 Å². The van der Waals surface area contributed by atoms with Gasteiger partial charge in [-0.2, -0.15) is 0 Å². The zero-order valence-corrected chi connectivity index (χ0v) is 11.2. The molecule has 96 valence electrons. The van der Waals surface area contributed by atoms with Crippen LogP contribution in [0.15, 0.2) is 12.1 Å². The van der Waals surface area contributed by atoms with E-state index in [1.165, 1.54) is 0 Å². The molecule has 17 heavy (non-hydrogen) atoms. The fourth-order valence-electron chi connectivity index (χ4n) is 1.50. The maximum absolute atomic E-state index is 5.87. The van der Waals surface area contributed by atoms with Gasteiger partial charge in [0.25, 0.3) is 0 Å². The Bertz CT molecular complexity index is 364. The molecule has 3 N–H and O–H groups in total. The second kappa shape index (κ2) is 5.87. The molecule has 0 fully saturated rings. The quantitative estimate of drug-likeness (QED) is 0.798. The van der Waals surface area contributed by atoms with Crippen molar-refractivity contribution in [2.75, 3.05) is 31.3 Å². The van der Waals surface area contributed by atoms with Crippen molar-refractivity contribution in [3.05, 3.63) is 17.8 Å². The number of hydrogen-bond acceptors (Lipinski definition) is 4. The van der Waals surface area contributed by atoms with Gasteiger partial charge in [-0.15, -0.1) is 0 Å². The highest BCUT2D eigenvalue weighted by Crippen LogP contribution is 2.23. The van der Waals surface area contributed by atoms with Crippen molar-refractivity contribution in [3.8, 4) is 0 Å². The average Bonchev–Trinajstić information content (AvgIpc) is 2.28. The van der Waals surface area contributed by atoms with Crippen molar-refractivity contribution in [2.45, 2.75) is 27.2 Å². The van der Waals surface area contributed by atoms with E-state index >= 15 is 0 Å². The SMILES string of the molecule is COCCC(C)(C)CNc1nc(C)ccc1N.